The number of carbonyl (C=O) groups excluding carboxylic acids is 2. The van der Waals surface area contributed by atoms with Crippen LogP contribution in [0.3, 0.4) is 0 Å². The van der Waals surface area contributed by atoms with Gasteiger partial charge in [0, 0.05) is 59.3 Å². The molecule has 2 aliphatic rings. The van der Waals surface area contributed by atoms with Gasteiger partial charge in [0.05, 0.1) is 6.54 Å². The number of fused-ring (bicyclic) bond motifs is 1. The van der Waals surface area contributed by atoms with E-state index < -0.39 is 0 Å². The second-order valence-electron chi connectivity index (χ2n) is 7.44. The third-order valence-electron chi connectivity index (χ3n) is 5.60. The molecule has 1 aromatic rings. The van der Waals surface area contributed by atoms with Crippen LogP contribution in [0.2, 0.25) is 0 Å². The van der Waals surface area contributed by atoms with E-state index in [9.17, 15) is 9.59 Å². The van der Waals surface area contributed by atoms with Gasteiger partial charge in [-0.1, -0.05) is 0 Å². The normalized spacial score (nSPS) is 17.6. The maximum Gasteiger partial charge on any atom is 0.320 e. The van der Waals surface area contributed by atoms with Gasteiger partial charge < -0.3 is 24.2 Å². The van der Waals surface area contributed by atoms with E-state index in [4.69, 9.17) is 0 Å². The largest absolute Gasteiger partial charge is 0.331 e. The zero-order valence-corrected chi connectivity index (χ0v) is 16.9. The molecule has 1 saturated heterocycles. The SMILES string of the molecule is CCN(CC)C(=O)N1CCn2c(nnc2C2CCN(C(=O)N(C)C)CC2)C1. The predicted octanol–water partition coefficient (Wildman–Crippen LogP) is 1.42. The van der Waals surface area contributed by atoms with E-state index in [1.807, 2.05) is 28.5 Å². The standard InChI is InChI=1S/C18H31N7O2/c1-5-22(6-2)18(27)24-11-12-25-15(13-24)19-20-16(25)14-7-9-23(10-8-14)17(26)21(3)4/h14H,5-13H2,1-4H3. The molecule has 0 atom stereocenters. The Bertz CT molecular complexity index is 675. The Morgan fingerprint density at radius 3 is 2.22 bits per heavy atom. The number of rotatable bonds is 3. The lowest BCUT2D eigenvalue weighted by molar-refractivity contribution is 0.142. The van der Waals surface area contributed by atoms with Crippen molar-refractivity contribution in [2.24, 2.45) is 0 Å². The number of amides is 4. The van der Waals surface area contributed by atoms with E-state index in [0.29, 0.717) is 32.1 Å². The Morgan fingerprint density at radius 1 is 0.963 bits per heavy atom. The molecule has 1 fully saturated rings. The third-order valence-corrected chi connectivity index (χ3v) is 5.60. The molecular formula is C18H31N7O2. The average molecular weight is 377 g/mol. The topological polar surface area (TPSA) is 77.8 Å². The second kappa shape index (κ2) is 8.14. The van der Waals surface area contributed by atoms with Crippen molar-refractivity contribution >= 4 is 12.1 Å². The van der Waals surface area contributed by atoms with Crippen LogP contribution in [-0.4, -0.2) is 93.2 Å². The lowest BCUT2D eigenvalue weighted by Gasteiger charge is -2.35. The maximum atomic E-state index is 12.6. The first kappa shape index (κ1) is 19.4. The second-order valence-corrected chi connectivity index (χ2v) is 7.44. The smallest absolute Gasteiger partial charge is 0.320 e. The predicted molar refractivity (Wildman–Crippen MR) is 101 cm³/mol. The van der Waals surface area contributed by atoms with Crippen molar-refractivity contribution in [2.45, 2.75) is 45.7 Å². The van der Waals surface area contributed by atoms with Crippen molar-refractivity contribution in [1.82, 2.24) is 34.4 Å². The van der Waals surface area contributed by atoms with E-state index in [0.717, 1.165) is 44.1 Å². The zero-order valence-electron chi connectivity index (χ0n) is 16.9. The van der Waals surface area contributed by atoms with Gasteiger partial charge in [0.15, 0.2) is 5.82 Å². The van der Waals surface area contributed by atoms with Crippen LogP contribution in [0.1, 0.15) is 44.3 Å². The number of piperidine rings is 1. The Morgan fingerprint density at radius 2 is 1.63 bits per heavy atom. The number of urea groups is 2. The Kier molecular flexibility index (Phi) is 5.86. The fourth-order valence-corrected chi connectivity index (χ4v) is 3.95. The number of nitrogens with zero attached hydrogens (tertiary/aromatic N) is 7. The molecule has 0 spiro atoms. The van der Waals surface area contributed by atoms with Crippen molar-refractivity contribution in [1.29, 1.82) is 0 Å². The lowest BCUT2D eigenvalue weighted by Crippen LogP contribution is -2.47. The average Bonchev–Trinajstić information content (AvgIpc) is 3.11. The van der Waals surface area contributed by atoms with Gasteiger partial charge >= 0.3 is 12.1 Å². The number of likely N-dealkylation sites (tertiary alicyclic amines) is 1. The van der Waals surface area contributed by atoms with Crippen molar-refractivity contribution in [2.75, 3.05) is 46.8 Å². The number of hydrogen-bond donors (Lipinski definition) is 0. The molecule has 9 nitrogen and oxygen atoms in total. The monoisotopic (exact) mass is 377 g/mol. The molecule has 0 saturated carbocycles. The summed E-state index contributed by atoms with van der Waals surface area (Å²) in [5.74, 6) is 2.20. The summed E-state index contributed by atoms with van der Waals surface area (Å²) in [5, 5.41) is 8.82. The molecule has 3 rings (SSSR count). The Hall–Kier alpha value is -2.32. The summed E-state index contributed by atoms with van der Waals surface area (Å²) in [6.07, 6.45) is 1.81. The molecule has 0 unspecified atom stereocenters. The molecule has 27 heavy (non-hydrogen) atoms. The first-order chi connectivity index (χ1) is 13.0. The molecule has 0 N–H and O–H groups in total. The summed E-state index contributed by atoms with van der Waals surface area (Å²) in [5.41, 5.74) is 0. The van der Waals surface area contributed by atoms with Crippen molar-refractivity contribution in [3.05, 3.63) is 11.6 Å². The van der Waals surface area contributed by atoms with Crippen LogP contribution in [0.5, 0.6) is 0 Å². The molecule has 3 heterocycles. The minimum Gasteiger partial charge on any atom is -0.331 e. The summed E-state index contributed by atoms with van der Waals surface area (Å²) >= 11 is 0. The molecular weight excluding hydrogens is 346 g/mol. The van der Waals surface area contributed by atoms with Gasteiger partial charge in [-0.15, -0.1) is 10.2 Å². The van der Waals surface area contributed by atoms with Crippen LogP contribution >= 0.6 is 0 Å². The molecule has 0 radical (unpaired) electrons. The molecule has 9 heteroatoms. The van der Waals surface area contributed by atoms with Crippen LogP contribution in [0.4, 0.5) is 9.59 Å². The summed E-state index contributed by atoms with van der Waals surface area (Å²) in [6.45, 7) is 8.86. The van der Waals surface area contributed by atoms with E-state index >= 15 is 0 Å². The highest BCUT2D eigenvalue weighted by molar-refractivity contribution is 5.74. The summed E-state index contributed by atoms with van der Waals surface area (Å²) in [6, 6.07) is 0.147. The minimum absolute atomic E-state index is 0.0716. The molecule has 0 aromatic carbocycles. The van der Waals surface area contributed by atoms with Crippen molar-refractivity contribution in [3.63, 3.8) is 0 Å². The maximum absolute atomic E-state index is 12.6. The first-order valence-corrected chi connectivity index (χ1v) is 9.88. The zero-order chi connectivity index (χ0) is 19.6. The summed E-state index contributed by atoms with van der Waals surface area (Å²) in [7, 11) is 3.57. The fraction of sp³-hybridized carbons (Fsp3) is 0.778. The van der Waals surface area contributed by atoms with E-state index in [1.54, 1.807) is 19.0 Å². The molecule has 1 aromatic heterocycles. The van der Waals surface area contributed by atoms with Gasteiger partial charge in [0.2, 0.25) is 0 Å². The van der Waals surface area contributed by atoms with E-state index in [2.05, 4.69) is 14.8 Å². The highest BCUT2D eigenvalue weighted by atomic mass is 16.2. The van der Waals surface area contributed by atoms with Crippen LogP contribution < -0.4 is 0 Å². The quantitative estimate of drug-likeness (QED) is 0.798. The van der Waals surface area contributed by atoms with Gasteiger partial charge in [-0.2, -0.15) is 0 Å². The van der Waals surface area contributed by atoms with Gasteiger partial charge in [0.25, 0.3) is 0 Å². The minimum atomic E-state index is 0.0716. The number of carbonyl (C=O) groups is 2. The molecule has 4 amide bonds. The highest BCUT2D eigenvalue weighted by Crippen LogP contribution is 2.29. The summed E-state index contributed by atoms with van der Waals surface area (Å²) < 4.78 is 2.18. The van der Waals surface area contributed by atoms with Crippen LogP contribution in [-0.2, 0) is 13.1 Å². The van der Waals surface area contributed by atoms with Crippen LogP contribution in [0.25, 0.3) is 0 Å². The number of hydrogen-bond acceptors (Lipinski definition) is 4. The fourth-order valence-electron chi connectivity index (χ4n) is 3.95. The Balaban J connectivity index is 1.64. The molecule has 0 aliphatic carbocycles. The highest BCUT2D eigenvalue weighted by Gasteiger charge is 2.31. The van der Waals surface area contributed by atoms with Crippen molar-refractivity contribution in [3.8, 4) is 0 Å². The molecule has 2 aliphatic heterocycles. The lowest BCUT2D eigenvalue weighted by atomic mass is 9.96. The van der Waals surface area contributed by atoms with Crippen LogP contribution in [0, 0.1) is 0 Å². The first-order valence-electron chi connectivity index (χ1n) is 9.88. The van der Waals surface area contributed by atoms with E-state index in [1.165, 1.54) is 0 Å². The summed E-state index contributed by atoms with van der Waals surface area (Å²) in [4.78, 5) is 31.9. The molecule has 150 valence electrons. The van der Waals surface area contributed by atoms with Gasteiger partial charge in [-0.3, -0.25) is 0 Å². The van der Waals surface area contributed by atoms with E-state index in [-0.39, 0.29) is 12.1 Å². The van der Waals surface area contributed by atoms with Gasteiger partial charge in [-0.25, -0.2) is 9.59 Å². The van der Waals surface area contributed by atoms with Crippen molar-refractivity contribution < 1.29 is 9.59 Å². The third kappa shape index (κ3) is 3.86. The number of aromatic nitrogens is 3. The molecule has 0 bridgehead atoms. The van der Waals surface area contributed by atoms with Gasteiger partial charge in [-0.05, 0) is 26.7 Å². The Labute approximate surface area is 160 Å². The van der Waals surface area contributed by atoms with Gasteiger partial charge in [0.1, 0.15) is 5.82 Å². The van der Waals surface area contributed by atoms with Crippen LogP contribution in [0.15, 0.2) is 0 Å².